The van der Waals surface area contributed by atoms with Crippen molar-refractivity contribution in [3.05, 3.63) is 17.8 Å². The van der Waals surface area contributed by atoms with Gasteiger partial charge in [-0.2, -0.15) is 0 Å². The highest BCUT2D eigenvalue weighted by atomic mass is 19.3. The molecule has 0 atom stereocenters. The lowest BCUT2D eigenvalue weighted by molar-refractivity contribution is 0.152. The number of hydrogen-bond acceptors (Lipinski definition) is 3. The Labute approximate surface area is 62.0 Å². The summed E-state index contributed by atoms with van der Waals surface area (Å²) in [7, 11) is 0. The van der Waals surface area contributed by atoms with Crippen LogP contribution in [0.1, 0.15) is 12.0 Å². The Morgan fingerprint density at radius 2 is 2.00 bits per heavy atom. The molecule has 0 aliphatic carbocycles. The number of halogens is 2. The highest BCUT2D eigenvalue weighted by Gasteiger charge is 2.11. The second-order valence-corrected chi connectivity index (χ2v) is 2.04. The van der Waals surface area contributed by atoms with Crippen molar-refractivity contribution in [3.8, 4) is 0 Å². The number of aromatic nitrogens is 1. The molecule has 60 valence electrons. The number of alkyl halides is 2. The molecule has 0 aromatic carbocycles. The first-order valence-electron chi connectivity index (χ1n) is 2.90. The fourth-order valence-corrected chi connectivity index (χ4v) is 0.688. The third kappa shape index (κ3) is 1.54. The number of rotatable bonds is 1. The molecule has 0 amide bonds. The summed E-state index contributed by atoms with van der Waals surface area (Å²) < 4.78 is 24.1. The fourth-order valence-electron chi connectivity index (χ4n) is 0.688. The Balaban J connectivity index is 3.13. The van der Waals surface area contributed by atoms with Gasteiger partial charge in [0.25, 0.3) is 6.43 Å². The van der Waals surface area contributed by atoms with Gasteiger partial charge >= 0.3 is 0 Å². The minimum absolute atomic E-state index is 0.0331. The van der Waals surface area contributed by atoms with Crippen molar-refractivity contribution in [1.82, 2.24) is 4.98 Å². The van der Waals surface area contributed by atoms with Crippen molar-refractivity contribution in [2.75, 3.05) is 11.5 Å². The first-order chi connectivity index (χ1) is 5.11. The van der Waals surface area contributed by atoms with Crippen molar-refractivity contribution < 1.29 is 8.78 Å². The summed E-state index contributed by atoms with van der Waals surface area (Å²) in [6, 6.07) is 1.07. The molecule has 0 aliphatic rings. The molecule has 0 unspecified atom stereocenters. The molecular formula is C6H7F2N3. The van der Waals surface area contributed by atoms with Crippen LogP contribution in [0, 0.1) is 0 Å². The Morgan fingerprint density at radius 3 is 2.45 bits per heavy atom. The highest BCUT2D eigenvalue weighted by Crippen LogP contribution is 2.24. The highest BCUT2D eigenvalue weighted by molar-refractivity contribution is 5.50. The Kier molecular flexibility index (Phi) is 1.89. The van der Waals surface area contributed by atoms with Crippen LogP contribution in [0.15, 0.2) is 12.3 Å². The molecule has 0 aliphatic heterocycles. The minimum atomic E-state index is -2.60. The summed E-state index contributed by atoms with van der Waals surface area (Å²) in [5.41, 5.74) is 10.1. The van der Waals surface area contributed by atoms with E-state index < -0.39 is 6.43 Å². The maximum Gasteiger partial charge on any atom is 0.266 e. The molecule has 0 radical (unpaired) electrons. The summed E-state index contributed by atoms with van der Waals surface area (Å²) in [4.78, 5) is 3.54. The molecule has 11 heavy (non-hydrogen) atoms. The number of nitrogens with zero attached hydrogens (tertiary/aromatic N) is 1. The zero-order valence-electron chi connectivity index (χ0n) is 5.59. The van der Waals surface area contributed by atoms with Gasteiger partial charge in [-0.1, -0.05) is 0 Å². The standard InChI is InChI=1S/C6H7F2N3/c7-6(8)3-1-5(10)11-2-4(3)9/h1-2,6H,9H2,(H2,10,11). The summed E-state index contributed by atoms with van der Waals surface area (Å²) >= 11 is 0. The average Bonchev–Trinajstić information content (AvgIpc) is 1.94. The summed E-state index contributed by atoms with van der Waals surface area (Å²) in [6.45, 7) is 0. The van der Waals surface area contributed by atoms with Crippen molar-refractivity contribution in [2.24, 2.45) is 0 Å². The lowest BCUT2D eigenvalue weighted by Gasteiger charge is -2.03. The molecule has 0 spiro atoms. The van der Waals surface area contributed by atoms with Crippen LogP contribution >= 0.6 is 0 Å². The molecular weight excluding hydrogens is 152 g/mol. The Hall–Kier alpha value is -1.39. The van der Waals surface area contributed by atoms with E-state index in [2.05, 4.69) is 4.98 Å². The van der Waals surface area contributed by atoms with Crippen LogP contribution < -0.4 is 11.5 Å². The lowest BCUT2D eigenvalue weighted by Crippen LogP contribution is -1.99. The van der Waals surface area contributed by atoms with E-state index in [1.807, 2.05) is 0 Å². The van der Waals surface area contributed by atoms with E-state index >= 15 is 0 Å². The maximum atomic E-state index is 12.0. The van der Waals surface area contributed by atoms with Gasteiger partial charge < -0.3 is 11.5 Å². The third-order valence-corrected chi connectivity index (χ3v) is 1.22. The predicted molar refractivity (Wildman–Crippen MR) is 38.0 cm³/mol. The first-order valence-corrected chi connectivity index (χ1v) is 2.90. The van der Waals surface area contributed by atoms with E-state index in [1.54, 1.807) is 0 Å². The molecule has 3 nitrogen and oxygen atoms in total. The van der Waals surface area contributed by atoms with Gasteiger partial charge in [0, 0.05) is 5.56 Å². The van der Waals surface area contributed by atoms with Gasteiger partial charge in [0.1, 0.15) is 5.82 Å². The lowest BCUT2D eigenvalue weighted by atomic mass is 10.2. The second-order valence-electron chi connectivity index (χ2n) is 2.04. The summed E-state index contributed by atoms with van der Waals surface area (Å²) in [6.07, 6.45) is -1.48. The number of hydrogen-bond donors (Lipinski definition) is 2. The molecule has 0 bridgehead atoms. The number of anilines is 2. The van der Waals surface area contributed by atoms with Crippen LogP contribution in [0.3, 0.4) is 0 Å². The van der Waals surface area contributed by atoms with Crippen LogP contribution in [0.4, 0.5) is 20.3 Å². The molecule has 0 saturated carbocycles. The van der Waals surface area contributed by atoms with Crippen LogP contribution in [0.5, 0.6) is 0 Å². The van der Waals surface area contributed by atoms with Crippen molar-refractivity contribution in [2.45, 2.75) is 6.43 Å². The maximum absolute atomic E-state index is 12.0. The summed E-state index contributed by atoms with van der Waals surface area (Å²) in [5.74, 6) is 0.0505. The van der Waals surface area contributed by atoms with E-state index in [0.29, 0.717) is 0 Å². The molecule has 5 heteroatoms. The van der Waals surface area contributed by atoms with Crippen molar-refractivity contribution in [1.29, 1.82) is 0 Å². The number of nitrogen functional groups attached to an aromatic ring is 2. The zero-order chi connectivity index (χ0) is 8.43. The van der Waals surface area contributed by atoms with E-state index in [1.165, 1.54) is 0 Å². The molecule has 1 aromatic rings. The largest absolute Gasteiger partial charge is 0.397 e. The molecule has 1 aromatic heterocycles. The van der Waals surface area contributed by atoms with Gasteiger partial charge in [-0.15, -0.1) is 0 Å². The molecule has 0 fully saturated rings. The molecule has 1 heterocycles. The first kappa shape index (κ1) is 7.71. The predicted octanol–water partition coefficient (Wildman–Crippen LogP) is 1.18. The smallest absolute Gasteiger partial charge is 0.266 e. The van der Waals surface area contributed by atoms with Crippen molar-refractivity contribution >= 4 is 11.5 Å². The second kappa shape index (κ2) is 2.69. The fraction of sp³-hybridized carbons (Fsp3) is 0.167. The van der Waals surface area contributed by atoms with Gasteiger partial charge in [0.2, 0.25) is 0 Å². The molecule has 4 N–H and O–H groups in total. The van der Waals surface area contributed by atoms with Crippen LogP contribution in [0.2, 0.25) is 0 Å². The van der Waals surface area contributed by atoms with Crippen LogP contribution in [0.25, 0.3) is 0 Å². The van der Waals surface area contributed by atoms with Crippen molar-refractivity contribution in [3.63, 3.8) is 0 Å². The summed E-state index contributed by atoms with van der Waals surface area (Å²) in [5, 5.41) is 0. The van der Waals surface area contributed by atoms with Gasteiger partial charge in [-0.05, 0) is 6.07 Å². The molecule has 0 saturated heterocycles. The monoisotopic (exact) mass is 159 g/mol. The Bertz CT molecular complexity index is 262. The topological polar surface area (TPSA) is 64.9 Å². The number of nitrogens with two attached hydrogens (primary N) is 2. The third-order valence-electron chi connectivity index (χ3n) is 1.22. The Morgan fingerprint density at radius 1 is 1.36 bits per heavy atom. The van der Waals surface area contributed by atoms with E-state index in [-0.39, 0.29) is 17.1 Å². The SMILES string of the molecule is Nc1cc(C(F)F)c(N)cn1. The van der Waals surface area contributed by atoms with Crippen LogP contribution in [-0.4, -0.2) is 4.98 Å². The van der Waals surface area contributed by atoms with Gasteiger partial charge in [-0.25, -0.2) is 13.8 Å². The minimum Gasteiger partial charge on any atom is -0.397 e. The van der Waals surface area contributed by atoms with E-state index in [9.17, 15) is 8.78 Å². The van der Waals surface area contributed by atoms with Gasteiger partial charge in [-0.3, -0.25) is 0 Å². The average molecular weight is 159 g/mol. The zero-order valence-corrected chi connectivity index (χ0v) is 5.59. The van der Waals surface area contributed by atoms with E-state index in [4.69, 9.17) is 11.5 Å². The van der Waals surface area contributed by atoms with E-state index in [0.717, 1.165) is 12.3 Å². The molecule has 1 rings (SSSR count). The van der Waals surface area contributed by atoms with Crippen LogP contribution in [-0.2, 0) is 0 Å². The van der Waals surface area contributed by atoms with Gasteiger partial charge in [0.15, 0.2) is 0 Å². The quantitative estimate of drug-likeness (QED) is 0.646. The number of pyridine rings is 1. The normalized spacial score (nSPS) is 10.5. The van der Waals surface area contributed by atoms with Gasteiger partial charge in [0.05, 0.1) is 11.9 Å².